The molecule has 0 amide bonds. The van der Waals surface area contributed by atoms with E-state index < -0.39 is 0 Å². The van der Waals surface area contributed by atoms with Gasteiger partial charge in [-0.2, -0.15) is 0 Å². The molecule has 0 heterocycles. The molecule has 3 nitrogen and oxygen atoms in total. The summed E-state index contributed by atoms with van der Waals surface area (Å²) in [6.07, 6.45) is 13.2. The minimum Gasteiger partial charge on any atom is -0.861 e. The average molecular weight is 287 g/mol. The van der Waals surface area contributed by atoms with Crippen molar-refractivity contribution in [2.45, 2.75) is 59.3 Å². The van der Waals surface area contributed by atoms with E-state index in [1.165, 1.54) is 38.5 Å². The monoisotopic (exact) mass is 287 g/mol. The van der Waals surface area contributed by atoms with Gasteiger partial charge in [-0.25, -0.2) is 0 Å². The Bertz CT molecular complexity index is 104. The van der Waals surface area contributed by atoms with Crippen molar-refractivity contribution < 1.29 is 45.1 Å². The molecule has 0 saturated heterocycles. The standard InChI is InChI=1S/C12H27P.BHO2.Na.H2O/c1-4-7-10-13(11-8-5-2)12-9-6-3;2-1-3;;/h4-12H2,1-3H3;2H;;1H2/q;-1;+1;. The Hall–Kier alpha value is 1.37. The molecule has 0 atom stereocenters. The molecule has 0 aliphatic rings. The van der Waals surface area contributed by atoms with Crippen LogP contribution in [0.25, 0.3) is 0 Å². The van der Waals surface area contributed by atoms with Gasteiger partial charge in [-0.05, 0) is 37.7 Å². The van der Waals surface area contributed by atoms with Crippen LogP contribution in [0.1, 0.15) is 59.3 Å². The molecule has 0 aromatic heterocycles. The Morgan fingerprint density at radius 2 is 1.11 bits per heavy atom. The zero-order chi connectivity index (χ0) is 12.6. The first-order valence-corrected chi connectivity index (χ1v) is 8.46. The van der Waals surface area contributed by atoms with Crippen LogP contribution in [0.4, 0.5) is 0 Å². The molecule has 18 heavy (non-hydrogen) atoms. The molecule has 0 rings (SSSR count). The maximum atomic E-state index is 8.36. The summed E-state index contributed by atoms with van der Waals surface area (Å²) in [6, 6.07) is 0. The molecule has 0 unspecified atom stereocenters. The molecule has 0 aliphatic heterocycles. The topological polar surface area (TPSA) is 74.8 Å². The largest absolute Gasteiger partial charge is 1.00 e. The van der Waals surface area contributed by atoms with Crippen LogP contribution in [0, 0.1) is 0 Å². The number of hydrogen-bond acceptors (Lipinski definition) is 2. The van der Waals surface area contributed by atoms with Crippen LogP contribution in [-0.2, 0) is 0 Å². The van der Waals surface area contributed by atoms with E-state index in [2.05, 4.69) is 20.8 Å². The zero-order valence-corrected chi connectivity index (χ0v) is 15.6. The van der Waals surface area contributed by atoms with Crippen LogP contribution in [0.5, 0.6) is 0 Å². The Balaban J connectivity index is -0.000000177. The maximum Gasteiger partial charge on any atom is 1.00 e. The third kappa shape index (κ3) is 26.0. The summed E-state index contributed by atoms with van der Waals surface area (Å²) in [4.78, 5) is 0. The fourth-order valence-electron chi connectivity index (χ4n) is 1.48. The van der Waals surface area contributed by atoms with E-state index in [-0.39, 0.29) is 42.7 Å². The molecule has 3 N–H and O–H groups in total. The zero-order valence-electron chi connectivity index (χ0n) is 12.7. The van der Waals surface area contributed by atoms with Gasteiger partial charge in [0.2, 0.25) is 0 Å². The summed E-state index contributed by atoms with van der Waals surface area (Å²) in [7, 11) is 0.172. The normalized spacial score (nSPS) is 8.78. The van der Waals surface area contributed by atoms with Crippen molar-refractivity contribution in [1.82, 2.24) is 0 Å². The van der Waals surface area contributed by atoms with E-state index >= 15 is 0 Å². The summed E-state index contributed by atoms with van der Waals surface area (Å²) in [6.45, 7) is 6.94. The van der Waals surface area contributed by atoms with Crippen molar-refractivity contribution in [2.75, 3.05) is 18.5 Å². The second kappa shape index (κ2) is 26.8. The minimum absolute atomic E-state index is 0. The molecule has 0 fully saturated rings. The fourth-order valence-corrected chi connectivity index (χ4v) is 4.44. The van der Waals surface area contributed by atoms with Gasteiger partial charge in [-0.15, -0.1) is 7.92 Å². The van der Waals surface area contributed by atoms with Crippen LogP contribution in [0.3, 0.4) is 0 Å². The summed E-state index contributed by atoms with van der Waals surface area (Å²) in [5.41, 5.74) is 0. The van der Waals surface area contributed by atoms with Gasteiger partial charge in [0.1, 0.15) is 0 Å². The van der Waals surface area contributed by atoms with Gasteiger partial charge in [-0.1, -0.05) is 40.0 Å². The van der Waals surface area contributed by atoms with E-state index in [0.29, 0.717) is 7.92 Å². The van der Waals surface area contributed by atoms with Gasteiger partial charge in [0.05, 0.1) is 0 Å². The van der Waals surface area contributed by atoms with Gasteiger partial charge >= 0.3 is 29.6 Å². The van der Waals surface area contributed by atoms with Gasteiger partial charge in [0, 0.05) is 0 Å². The first-order chi connectivity index (χ1) is 7.76. The number of rotatable bonds is 9. The fraction of sp³-hybridized carbons (Fsp3) is 1.00. The van der Waals surface area contributed by atoms with Gasteiger partial charge in [0.15, 0.2) is 7.69 Å². The smallest absolute Gasteiger partial charge is 0.861 e. The second-order valence-corrected chi connectivity index (χ2v) is 6.69. The minimum atomic E-state index is -0.250. The quantitative estimate of drug-likeness (QED) is 0.433. The van der Waals surface area contributed by atoms with E-state index in [4.69, 9.17) is 10.0 Å². The summed E-state index contributed by atoms with van der Waals surface area (Å²) in [5, 5.41) is 15.2. The SMILES string of the molecule is CCCCP(CCCC)CCCC.O.[Na+].[O-][B]O. The third-order valence-corrected chi connectivity index (χ3v) is 5.33. The third-order valence-electron chi connectivity index (χ3n) is 2.48. The Kier molecular flexibility index (Phi) is 41.3. The van der Waals surface area contributed by atoms with Crippen molar-refractivity contribution in [3.8, 4) is 0 Å². The van der Waals surface area contributed by atoms with Crippen molar-refractivity contribution >= 4 is 15.6 Å². The first kappa shape index (κ1) is 27.7. The predicted molar refractivity (Wildman–Crippen MR) is 77.8 cm³/mol. The second-order valence-electron chi connectivity index (χ2n) is 4.01. The molecule has 0 bridgehead atoms. The van der Waals surface area contributed by atoms with Crippen molar-refractivity contribution in [1.29, 1.82) is 0 Å². The van der Waals surface area contributed by atoms with E-state index in [1.54, 1.807) is 18.5 Å². The molecule has 105 valence electrons. The van der Waals surface area contributed by atoms with Crippen molar-refractivity contribution in [3.05, 3.63) is 0 Å². The van der Waals surface area contributed by atoms with E-state index in [1.807, 2.05) is 0 Å². The molecule has 0 aromatic carbocycles. The van der Waals surface area contributed by atoms with Gasteiger partial charge in [-0.3, -0.25) is 0 Å². The van der Waals surface area contributed by atoms with Crippen molar-refractivity contribution in [3.63, 3.8) is 0 Å². The van der Waals surface area contributed by atoms with E-state index in [0.717, 1.165) is 0 Å². The summed E-state index contributed by atoms with van der Waals surface area (Å²) in [5.74, 6) is 0. The van der Waals surface area contributed by atoms with E-state index in [9.17, 15) is 0 Å². The predicted octanol–water partition coefficient (Wildman–Crippen LogP) is -1.08. The molecule has 6 heteroatoms. The number of unbranched alkanes of at least 4 members (excludes halogenated alkanes) is 3. The molecule has 0 aromatic rings. The molecule has 0 saturated carbocycles. The van der Waals surface area contributed by atoms with Crippen molar-refractivity contribution in [2.24, 2.45) is 0 Å². The number of hydrogen-bond donors (Lipinski definition) is 1. The Morgan fingerprint density at radius 1 is 0.889 bits per heavy atom. The molecule has 0 aliphatic carbocycles. The maximum absolute atomic E-state index is 8.36. The van der Waals surface area contributed by atoms with Gasteiger partial charge < -0.3 is 15.5 Å². The van der Waals surface area contributed by atoms with Crippen LogP contribution < -0.4 is 34.6 Å². The Labute approximate surface area is 138 Å². The van der Waals surface area contributed by atoms with Crippen LogP contribution in [0.2, 0.25) is 0 Å². The average Bonchev–Trinajstić information content (AvgIpc) is 2.29. The molecular formula is C12H30BNaO3P. The van der Waals surface area contributed by atoms with Gasteiger partial charge in [0.25, 0.3) is 0 Å². The summed E-state index contributed by atoms with van der Waals surface area (Å²) >= 11 is 0. The Morgan fingerprint density at radius 3 is 1.28 bits per heavy atom. The van der Waals surface area contributed by atoms with Crippen LogP contribution in [-0.4, -0.2) is 36.7 Å². The van der Waals surface area contributed by atoms with Crippen LogP contribution >= 0.6 is 7.92 Å². The molecular weight excluding hydrogens is 257 g/mol. The first-order valence-electron chi connectivity index (χ1n) is 6.56. The van der Waals surface area contributed by atoms with Crippen LogP contribution in [0.15, 0.2) is 0 Å². The molecule has 1 radical (unpaired) electrons. The summed E-state index contributed by atoms with van der Waals surface area (Å²) < 4.78 is 0. The molecule has 0 spiro atoms.